The van der Waals surface area contributed by atoms with Crippen molar-refractivity contribution in [3.05, 3.63) is 0 Å². The van der Waals surface area contributed by atoms with E-state index in [1.165, 1.54) is 0 Å². The van der Waals surface area contributed by atoms with E-state index in [1.54, 1.807) is 0 Å². The SMILES string of the molecule is OC(O)CCN1CCOCC1. The molecule has 0 aromatic heterocycles. The Kier molecular flexibility index (Phi) is 3.79. The largest absolute Gasteiger partial charge is 0.379 e. The van der Waals surface area contributed by atoms with E-state index in [1.807, 2.05) is 0 Å². The summed E-state index contributed by atoms with van der Waals surface area (Å²) in [5.41, 5.74) is 0. The van der Waals surface area contributed by atoms with Crippen LogP contribution in [0.25, 0.3) is 0 Å². The van der Waals surface area contributed by atoms with Gasteiger partial charge in [0.1, 0.15) is 0 Å². The summed E-state index contributed by atoms with van der Waals surface area (Å²) in [6, 6.07) is 0. The second-order valence-electron chi connectivity index (χ2n) is 2.72. The molecule has 0 radical (unpaired) electrons. The maximum Gasteiger partial charge on any atom is 0.152 e. The molecule has 0 aliphatic carbocycles. The van der Waals surface area contributed by atoms with E-state index in [2.05, 4.69) is 4.90 Å². The van der Waals surface area contributed by atoms with Crippen molar-refractivity contribution in [3.8, 4) is 0 Å². The predicted octanol–water partition coefficient (Wildman–Crippen LogP) is -0.981. The molecule has 1 rings (SSSR count). The van der Waals surface area contributed by atoms with Gasteiger partial charge in [-0.3, -0.25) is 4.90 Å². The summed E-state index contributed by atoms with van der Waals surface area (Å²) in [6.45, 7) is 4.10. The van der Waals surface area contributed by atoms with Crippen molar-refractivity contribution in [3.63, 3.8) is 0 Å². The first kappa shape index (κ1) is 8.93. The third-order valence-corrected chi connectivity index (χ3v) is 1.81. The lowest BCUT2D eigenvalue weighted by molar-refractivity contribution is -0.0559. The molecule has 1 aliphatic rings. The van der Waals surface area contributed by atoms with Crippen LogP contribution in [0.15, 0.2) is 0 Å². The molecule has 4 nitrogen and oxygen atoms in total. The van der Waals surface area contributed by atoms with E-state index in [-0.39, 0.29) is 0 Å². The van der Waals surface area contributed by atoms with E-state index >= 15 is 0 Å². The van der Waals surface area contributed by atoms with Crippen LogP contribution in [-0.2, 0) is 4.74 Å². The molecule has 1 heterocycles. The van der Waals surface area contributed by atoms with Crippen LogP contribution in [-0.4, -0.2) is 54.3 Å². The van der Waals surface area contributed by atoms with Gasteiger partial charge in [-0.2, -0.15) is 0 Å². The van der Waals surface area contributed by atoms with Crippen LogP contribution in [0.1, 0.15) is 6.42 Å². The lowest BCUT2D eigenvalue weighted by atomic mass is 10.3. The van der Waals surface area contributed by atoms with Gasteiger partial charge in [-0.25, -0.2) is 0 Å². The summed E-state index contributed by atoms with van der Waals surface area (Å²) >= 11 is 0. The van der Waals surface area contributed by atoms with Gasteiger partial charge in [0.05, 0.1) is 13.2 Å². The van der Waals surface area contributed by atoms with Crippen molar-refractivity contribution in [1.82, 2.24) is 4.90 Å². The number of aliphatic hydroxyl groups excluding tert-OH is 1. The fourth-order valence-electron chi connectivity index (χ4n) is 1.12. The zero-order valence-corrected chi connectivity index (χ0v) is 6.57. The topological polar surface area (TPSA) is 52.9 Å². The van der Waals surface area contributed by atoms with E-state index in [4.69, 9.17) is 14.9 Å². The predicted molar refractivity (Wildman–Crippen MR) is 40.1 cm³/mol. The highest BCUT2D eigenvalue weighted by molar-refractivity contribution is 4.61. The first-order chi connectivity index (χ1) is 5.29. The number of rotatable bonds is 3. The van der Waals surface area contributed by atoms with Crippen LogP contribution in [0, 0.1) is 0 Å². The van der Waals surface area contributed by atoms with Gasteiger partial charge in [-0.05, 0) is 0 Å². The monoisotopic (exact) mass is 161 g/mol. The van der Waals surface area contributed by atoms with Crippen LogP contribution in [0.2, 0.25) is 0 Å². The van der Waals surface area contributed by atoms with Crippen molar-refractivity contribution in [2.45, 2.75) is 12.7 Å². The van der Waals surface area contributed by atoms with Crippen LogP contribution in [0.3, 0.4) is 0 Å². The average Bonchev–Trinajstić information content (AvgIpc) is 2.03. The third-order valence-electron chi connectivity index (χ3n) is 1.81. The van der Waals surface area contributed by atoms with Gasteiger partial charge in [0, 0.05) is 26.1 Å². The molecular weight excluding hydrogens is 146 g/mol. The minimum Gasteiger partial charge on any atom is -0.379 e. The molecule has 1 saturated heterocycles. The number of aliphatic hydroxyl groups is 2. The summed E-state index contributed by atoms with van der Waals surface area (Å²) < 4.78 is 5.14. The first-order valence-electron chi connectivity index (χ1n) is 3.95. The van der Waals surface area contributed by atoms with Crippen LogP contribution in [0.5, 0.6) is 0 Å². The zero-order chi connectivity index (χ0) is 8.10. The summed E-state index contributed by atoms with van der Waals surface area (Å²) in [5, 5.41) is 17.2. The summed E-state index contributed by atoms with van der Waals surface area (Å²) in [7, 11) is 0. The van der Waals surface area contributed by atoms with E-state index < -0.39 is 6.29 Å². The van der Waals surface area contributed by atoms with Gasteiger partial charge in [-0.15, -0.1) is 0 Å². The molecule has 0 amide bonds. The summed E-state index contributed by atoms with van der Waals surface area (Å²) in [4.78, 5) is 2.17. The van der Waals surface area contributed by atoms with Gasteiger partial charge in [-0.1, -0.05) is 0 Å². The van der Waals surface area contributed by atoms with Crippen molar-refractivity contribution in [2.75, 3.05) is 32.8 Å². The molecule has 1 aliphatic heterocycles. The molecule has 0 unspecified atom stereocenters. The summed E-state index contributed by atoms with van der Waals surface area (Å²) in [6.07, 6.45) is -0.738. The lowest BCUT2D eigenvalue weighted by Crippen LogP contribution is -2.37. The maximum absolute atomic E-state index is 8.58. The highest BCUT2D eigenvalue weighted by atomic mass is 16.5. The number of morpholine rings is 1. The van der Waals surface area contributed by atoms with Gasteiger partial charge >= 0.3 is 0 Å². The highest BCUT2D eigenvalue weighted by Crippen LogP contribution is 1.98. The standard InChI is InChI=1S/C7H15NO3/c9-7(10)1-2-8-3-5-11-6-4-8/h7,9-10H,1-6H2. The fourth-order valence-corrected chi connectivity index (χ4v) is 1.12. The Balaban J connectivity index is 2.05. The number of nitrogens with zero attached hydrogens (tertiary/aromatic N) is 1. The van der Waals surface area contributed by atoms with Crippen molar-refractivity contribution >= 4 is 0 Å². The fraction of sp³-hybridized carbons (Fsp3) is 1.00. The molecule has 1 fully saturated rings. The third kappa shape index (κ3) is 3.67. The molecular formula is C7H15NO3. The van der Waals surface area contributed by atoms with Gasteiger partial charge < -0.3 is 14.9 Å². The normalized spacial score (nSPS) is 21.0. The van der Waals surface area contributed by atoms with Crippen LogP contribution >= 0.6 is 0 Å². The van der Waals surface area contributed by atoms with E-state index in [0.29, 0.717) is 6.42 Å². The molecule has 0 aromatic rings. The van der Waals surface area contributed by atoms with Crippen LogP contribution in [0.4, 0.5) is 0 Å². The molecule has 0 spiro atoms. The van der Waals surface area contributed by atoms with Gasteiger partial charge in [0.15, 0.2) is 6.29 Å². The Morgan fingerprint density at radius 2 is 1.91 bits per heavy atom. The number of hydrogen-bond acceptors (Lipinski definition) is 4. The smallest absolute Gasteiger partial charge is 0.152 e. The Morgan fingerprint density at radius 3 is 2.45 bits per heavy atom. The first-order valence-corrected chi connectivity index (χ1v) is 3.95. The van der Waals surface area contributed by atoms with E-state index in [9.17, 15) is 0 Å². The molecule has 2 N–H and O–H groups in total. The highest BCUT2D eigenvalue weighted by Gasteiger charge is 2.10. The molecule has 4 heteroatoms. The maximum atomic E-state index is 8.58. The Bertz CT molecular complexity index is 102. The average molecular weight is 161 g/mol. The Morgan fingerprint density at radius 1 is 1.27 bits per heavy atom. The Labute approximate surface area is 66.4 Å². The minimum absolute atomic E-state index is 0.431. The second kappa shape index (κ2) is 4.66. The molecule has 11 heavy (non-hydrogen) atoms. The molecule has 0 aromatic carbocycles. The zero-order valence-electron chi connectivity index (χ0n) is 6.57. The molecule has 0 bridgehead atoms. The number of ether oxygens (including phenoxy) is 1. The van der Waals surface area contributed by atoms with Crippen molar-refractivity contribution < 1.29 is 14.9 Å². The lowest BCUT2D eigenvalue weighted by Gasteiger charge is -2.26. The quantitative estimate of drug-likeness (QED) is 0.522. The minimum atomic E-state index is -1.17. The Hall–Kier alpha value is -0.160. The molecule has 66 valence electrons. The molecule has 0 atom stereocenters. The van der Waals surface area contributed by atoms with Gasteiger partial charge in [0.25, 0.3) is 0 Å². The van der Waals surface area contributed by atoms with E-state index in [0.717, 1.165) is 32.8 Å². The summed E-state index contributed by atoms with van der Waals surface area (Å²) in [5.74, 6) is 0. The van der Waals surface area contributed by atoms with Crippen molar-refractivity contribution in [1.29, 1.82) is 0 Å². The molecule has 0 saturated carbocycles. The van der Waals surface area contributed by atoms with Crippen LogP contribution < -0.4 is 0 Å². The van der Waals surface area contributed by atoms with Crippen molar-refractivity contribution in [2.24, 2.45) is 0 Å². The number of hydrogen-bond donors (Lipinski definition) is 2. The second-order valence-corrected chi connectivity index (χ2v) is 2.72. The van der Waals surface area contributed by atoms with Gasteiger partial charge in [0.2, 0.25) is 0 Å².